The predicted molar refractivity (Wildman–Crippen MR) is 135 cm³/mol. The van der Waals surface area contributed by atoms with Gasteiger partial charge in [-0.3, -0.25) is 9.59 Å². The van der Waals surface area contributed by atoms with Crippen molar-refractivity contribution in [2.45, 2.75) is 25.4 Å². The fourth-order valence-electron chi connectivity index (χ4n) is 4.83. The van der Waals surface area contributed by atoms with Crippen LogP contribution in [0.15, 0.2) is 102 Å². The van der Waals surface area contributed by atoms with Gasteiger partial charge in [-0.2, -0.15) is 0 Å². The number of methoxy groups -OCH3 is 1. The van der Waals surface area contributed by atoms with E-state index < -0.39 is 0 Å². The van der Waals surface area contributed by atoms with E-state index in [9.17, 15) is 9.59 Å². The average Bonchev–Trinajstić information content (AvgIpc) is 3.44. The predicted octanol–water partition coefficient (Wildman–Crippen LogP) is 6.12. The second kappa shape index (κ2) is 9.50. The molecule has 6 nitrogen and oxygen atoms in total. The molecule has 0 fully saturated rings. The average molecular weight is 467 g/mol. The van der Waals surface area contributed by atoms with Gasteiger partial charge in [-0.05, 0) is 61.4 Å². The third-order valence-electron chi connectivity index (χ3n) is 6.41. The molecule has 35 heavy (non-hydrogen) atoms. The molecule has 1 aliphatic heterocycles. The lowest BCUT2D eigenvalue weighted by molar-refractivity contribution is 0.0944. The lowest BCUT2D eigenvalue weighted by atomic mass is 9.89. The van der Waals surface area contributed by atoms with Crippen LogP contribution in [0.1, 0.15) is 45.9 Å². The number of carbonyl (C=O) groups excluding carboxylic acids is 2. The van der Waals surface area contributed by atoms with Crippen LogP contribution in [0.25, 0.3) is 0 Å². The molecule has 5 rings (SSSR count). The number of ether oxygens (including phenoxy) is 1. The Morgan fingerprint density at radius 2 is 1.63 bits per heavy atom. The van der Waals surface area contributed by atoms with Crippen molar-refractivity contribution in [2.75, 3.05) is 16.9 Å². The maximum atomic E-state index is 14.1. The number of nitrogens with zero attached hydrogens (tertiary/aromatic N) is 2. The lowest BCUT2D eigenvalue weighted by Crippen LogP contribution is -2.47. The topological polar surface area (TPSA) is 63.0 Å². The van der Waals surface area contributed by atoms with Crippen molar-refractivity contribution >= 4 is 23.2 Å². The van der Waals surface area contributed by atoms with Gasteiger partial charge in [0, 0.05) is 17.4 Å². The van der Waals surface area contributed by atoms with E-state index in [0.717, 1.165) is 16.9 Å². The zero-order chi connectivity index (χ0) is 24.4. The van der Waals surface area contributed by atoms with Crippen molar-refractivity contribution in [3.63, 3.8) is 0 Å². The first-order valence-corrected chi connectivity index (χ1v) is 11.6. The number of para-hydroxylation sites is 3. The van der Waals surface area contributed by atoms with Crippen LogP contribution in [-0.2, 0) is 0 Å². The van der Waals surface area contributed by atoms with E-state index in [2.05, 4.69) is 0 Å². The Morgan fingerprint density at radius 1 is 0.914 bits per heavy atom. The third-order valence-corrected chi connectivity index (χ3v) is 6.41. The monoisotopic (exact) mass is 466 g/mol. The largest absolute Gasteiger partial charge is 0.496 e. The van der Waals surface area contributed by atoms with E-state index in [1.54, 1.807) is 36.3 Å². The Bertz CT molecular complexity index is 1330. The van der Waals surface area contributed by atoms with Crippen LogP contribution < -0.4 is 14.5 Å². The highest BCUT2D eigenvalue weighted by atomic mass is 16.5. The number of amides is 2. The standard InChI is InChI=1S/C29H26N2O4/c1-20-19-25(22-13-6-8-15-24(22)30(20)29(33)27-17-10-18-35-27)31(21-11-4-3-5-12-21)28(32)23-14-7-9-16-26(23)34-2/h3-18,20,25H,19H2,1-2H3/t20-,25-/m0/s1. The zero-order valence-corrected chi connectivity index (χ0v) is 19.6. The molecule has 2 heterocycles. The summed E-state index contributed by atoms with van der Waals surface area (Å²) in [6, 6.07) is 27.5. The van der Waals surface area contributed by atoms with Gasteiger partial charge < -0.3 is 19.0 Å². The van der Waals surface area contributed by atoms with Gasteiger partial charge in [0.2, 0.25) is 0 Å². The Kier molecular flexibility index (Phi) is 6.10. The summed E-state index contributed by atoms with van der Waals surface area (Å²) in [4.78, 5) is 31.0. The molecule has 0 aliphatic carbocycles. The number of anilines is 2. The molecule has 0 saturated carbocycles. The summed E-state index contributed by atoms with van der Waals surface area (Å²) in [6.07, 6.45) is 2.05. The zero-order valence-electron chi connectivity index (χ0n) is 19.6. The van der Waals surface area contributed by atoms with Crippen LogP contribution in [-0.4, -0.2) is 25.0 Å². The number of furan rings is 1. The number of fused-ring (bicyclic) bond motifs is 1. The Morgan fingerprint density at radius 3 is 2.37 bits per heavy atom. The summed E-state index contributed by atoms with van der Waals surface area (Å²) in [5.74, 6) is 0.447. The van der Waals surface area contributed by atoms with Crippen molar-refractivity contribution in [2.24, 2.45) is 0 Å². The maximum absolute atomic E-state index is 14.1. The normalized spacial score (nSPS) is 16.9. The summed E-state index contributed by atoms with van der Waals surface area (Å²) in [5.41, 5.74) is 2.93. The molecule has 6 heteroatoms. The second-order valence-corrected chi connectivity index (χ2v) is 8.52. The van der Waals surface area contributed by atoms with Crippen molar-refractivity contribution < 1.29 is 18.7 Å². The summed E-state index contributed by atoms with van der Waals surface area (Å²) < 4.78 is 10.9. The highest BCUT2D eigenvalue weighted by molar-refractivity contribution is 6.09. The Hall–Kier alpha value is -4.32. The molecule has 176 valence electrons. The van der Waals surface area contributed by atoms with Gasteiger partial charge in [-0.15, -0.1) is 0 Å². The van der Waals surface area contributed by atoms with Gasteiger partial charge in [0.25, 0.3) is 11.8 Å². The van der Waals surface area contributed by atoms with E-state index in [4.69, 9.17) is 9.15 Å². The van der Waals surface area contributed by atoms with Crippen LogP contribution >= 0.6 is 0 Å². The van der Waals surface area contributed by atoms with Gasteiger partial charge in [-0.25, -0.2) is 0 Å². The molecule has 3 aromatic carbocycles. The van der Waals surface area contributed by atoms with Crippen LogP contribution in [0.2, 0.25) is 0 Å². The highest BCUT2D eigenvalue weighted by Crippen LogP contribution is 2.43. The molecule has 0 bridgehead atoms. The molecule has 0 saturated heterocycles. The number of hydrogen-bond donors (Lipinski definition) is 0. The van der Waals surface area contributed by atoms with Gasteiger partial charge in [0.1, 0.15) is 5.75 Å². The first-order valence-electron chi connectivity index (χ1n) is 11.6. The highest BCUT2D eigenvalue weighted by Gasteiger charge is 2.40. The van der Waals surface area contributed by atoms with Gasteiger partial charge >= 0.3 is 0 Å². The number of carbonyl (C=O) groups is 2. The van der Waals surface area contributed by atoms with Crippen LogP contribution in [0.5, 0.6) is 5.75 Å². The third kappa shape index (κ3) is 4.08. The quantitative estimate of drug-likeness (QED) is 0.356. The van der Waals surface area contributed by atoms with Crippen molar-refractivity contribution in [1.29, 1.82) is 0 Å². The smallest absolute Gasteiger partial charge is 0.294 e. The number of hydrogen-bond acceptors (Lipinski definition) is 4. The molecule has 1 aliphatic rings. The van der Waals surface area contributed by atoms with E-state index in [1.807, 2.05) is 78.6 Å². The molecule has 0 N–H and O–H groups in total. The van der Waals surface area contributed by atoms with Crippen LogP contribution in [0.4, 0.5) is 11.4 Å². The first kappa shape index (κ1) is 22.5. The minimum absolute atomic E-state index is 0.161. The first-order chi connectivity index (χ1) is 17.1. The minimum atomic E-state index is -0.290. The molecule has 1 aromatic heterocycles. The summed E-state index contributed by atoms with van der Waals surface area (Å²) >= 11 is 0. The number of benzene rings is 3. The molecular formula is C29H26N2O4. The molecule has 0 radical (unpaired) electrons. The minimum Gasteiger partial charge on any atom is -0.496 e. The summed E-state index contributed by atoms with van der Waals surface area (Å²) in [6.45, 7) is 2.00. The fourth-order valence-corrected chi connectivity index (χ4v) is 4.83. The lowest BCUT2D eigenvalue weighted by Gasteiger charge is -2.43. The molecule has 4 aromatic rings. The molecule has 2 atom stereocenters. The second-order valence-electron chi connectivity index (χ2n) is 8.52. The van der Waals surface area contributed by atoms with Crippen molar-refractivity contribution in [1.82, 2.24) is 0 Å². The fraction of sp³-hybridized carbons (Fsp3) is 0.172. The molecule has 0 unspecified atom stereocenters. The molecular weight excluding hydrogens is 440 g/mol. The van der Waals surface area contributed by atoms with Crippen LogP contribution in [0, 0.1) is 0 Å². The Balaban J connectivity index is 1.63. The van der Waals surface area contributed by atoms with Gasteiger partial charge in [-0.1, -0.05) is 48.5 Å². The van der Waals surface area contributed by atoms with Gasteiger partial charge in [0.15, 0.2) is 5.76 Å². The Labute approximate surface area is 204 Å². The van der Waals surface area contributed by atoms with Crippen molar-refractivity contribution in [3.05, 3.63) is 114 Å². The maximum Gasteiger partial charge on any atom is 0.294 e. The van der Waals surface area contributed by atoms with E-state index in [1.165, 1.54) is 6.26 Å². The van der Waals surface area contributed by atoms with Crippen molar-refractivity contribution in [3.8, 4) is 5.75 Å². The van der Waals surface area contributed by atoms with E-state index >= 15 is 0 Å². The SMILES string of the molecule is COc1ccccc1C(=O)N(c1ccccc1)[C@H]1C[C@H](C)N(C(=O)c2ccco2)c2ccccc21. The van der Waals surface area contributed by atoms with Gasteiger partial charge in [0.05, 0.1) is 25.0 Å². The molecule has 2 amide bonds. The molecule has 0 spiro atoms. The summed E-state index contributed by atoms with van der Waals surface area (Å²) in [5, 5.41) is 0. The van der Waals surface area contributed by atoms with E-state index in [-0.39, 0.29) is 29.7 Å². The summed E-state index contributed by atoms with van der Waals surface area (Å²) in [7, 11) is 1.56. The van der Waals surface area contributed by atoms with E-state index in [0.29, 0.717) is 17.7 Å². The van der Waals surface area contributed by atoms with Crippen LogP contribution in [0.3, 0.4) is 0 Å². The number of rotatable bonds is 5.